The summed E-state index contributed by atoms with van der Waals surface area (Å²) in [5, 5.41) is 9.75. The van der Waals surface area contributed by atoms with Gasteiger partial charge in [0.1, 0.15) is 5.82 Å². The SMILES string of the molecule is CC(C)c1nc(C(=O)NCC2CCCCC2C)n[nH]1. The quantitative estimate of drug-likeness (QED) is 0.877. The molecule has 0 saturated heterocycles. The van der Waals surface area contributed by atoms with Gasteiger partial charge in [-0.3, -0.25) is 9.89 Å². The van der Waals surface area contributed by atoms with E-state index in [1.807, 2.05) is 13.8 Å². The van der Waals surface area contributed by atoms with Crippen LogP contribution in [0, 0.1) is 11.8 Å². The van der Waals surface area contributed by atoms with Crippen LogP contribution in [-0.4, -0.2) is 27.6 Å². The lowest BCUT2D eigenvalue weighted by Crippen LogP contribution is -2.34. The van der Waals surface area contributed by atoms with E-state index in [0.717, 1.165) is 12.4 Å². The Balaban J connectivity index is 1.86. The summed E-state index contributed by atoms with van der Waals surface area (Å²) in [6.45, 7) is 7.06. The number of rotatable bonds is 4. The van der Waals surface area contributed by atoms with Crippen LogP contribution in [0.4, 0.5) is 0 Å². The largest absolute Gasteiger partial charge is 0.349 e. The number of carbonyl (C=O) groups excluding carboxylic acids is 1. The summed E-state index contributed by atoms with van der Waals surface area (Å²) in [7, 11) is 0. The fourth-order valence-electron chi connectivity index (χ4n) is 2.63. The molecule has 5 heteroatoms. The molecular formula is C14H24N4O. The monoisotopic (exact) mass is 264 g/mol. The highest BCUT2D eigenvalue weighted by Gasteiger charge is 2.22. The molecule has 0 radical (unpaired) electrons. The molecule has 0 spiro atoms. The first kappa shape index (κ1) is 14.0. The Bertz CT molecular complexity index is 427. The lowest BCUT2D eigenvalue weighted by molar-refractivity contribution is 0.0926. The van der Waals surface area contributed by atoms with Gasteiger partial charge >= 0.3 is 0 Å². The maximum Gasteiger partial charge on any atom is 0.290 e. The smallest absolute Gasteiger partial charge is 0.290 e. The third-order valence-corrected chi connectivity index (χ3v) is 4.07. The average Bonchev–Trinajstić information content (AvgIpc) is 2.87. The van der Waals surface area contributed by atoms with Crippen LogP contribution in [0.3, 0.4) is 0 Å². The van der Waals surface area contributed by atoms with Crippen LogP contribution >= 0.6 is 0 Å². The molecule has 1 heterocycles. The summed E-state index contributed by atoms with van der Waals surface area (Å²) in [5.74, 6) is 2.41. The number of nitrogens with zero attached hydrogens (tertiary/aromatic N) is 2. The number of carbonyl (C=O) groups is 1. The third kappa shape index (κ3) is 3.55. The van der Waals surface area contributed by atoms with Gasteiger partial charge in [0.2, 0.25) is 5.82 Å². The highest BCUT2D eigenvalue weighted by molar-refractivity contribution is 5.90. The first-order valence-electron chi connectivity index (χ1n) is 7.28. The lowest BCUT2D eigenvalue weighted by atomic mass is 9.80. The summed E-state index contributed by atoms with van der Waals surface area (Å²) >= 11 is 0. The molecule has 1 amide bonds. The minimum atomic E-state index is -0.166. The van der Waals surface area contributed by atoms with E-state index in [1.165, 1.54) is 25.7 Å². The topological polar surface area (TPSA) is 70.7 Å². The summed E-state index contributed by atoms with van der Waals surface area (Å²) in [4.78, 5) is 16.2. The molecule has 2 atom stereocenters. The van der Waals surface area contributed by atoms with Crippen molar-refractivity contribution in [3.8, 4) is 0 Å². The van der Waals surface area contributed by atoms with Crippen molar-refractivity contribution in [1.29, 1.82) is 0 Å². The molecule has 0 aliphatic heterocycles. The minimum Gasteiger partial charge on any atom is -0.349 e. The molecule has 1 aromatic rings. The van der Waals surface area contributed by atoms with Gasteiger partial charge in [-0.15, -0.1) is 5.10 Å². The molecule has 19 heavy (non-hydrogen) atoms. The maximum absolute atomic E-state index is 12.0. The van der Waals surface area contributed by atoms with E-state index in [9.17, 15) is 4.79 Å². The predicted octanol–water partition coefficient (Wildman–Crippen LogP) is 2.48. The van der Waals surface area contributed by atoms with E-state index in [0.29, 0.717) is 11.8 Å². The molecule has 0 aromatic carbocycles. The number of aromatic nitrogens is 3. The van der Waals surface area contributed by atoms with E-state index in [4.69, 9.17) is 0 Å². The number of nitrogens with one attached hydrogen (secondary N) is 2. The van der Waals surface area contributed by atoms with Crippen LogP contribution in [0.25, 0.3) is 0 Å². The second kappa shape index (κ2) is 6.17. The second-order valence-electron chi connectivity index (χ2n) is 5.93. The summed E-state index contributed by atoms with van der Waals surface area (Å²) < 4.78 is 0. The molecule has 2 unspecified atom stereocenters. The highest BCUT2D eigenvalue weighted by Crippen LogP contribution is 2.28. The zero-order valence-corrected chi connectivity index (χ0v) is 12.1. The summed E-state index contributed by atoms with van der Waals surface area (Å²) in [5.41, 5.74) is 0. The molecule has 106 valence electrons. The normalized spacial score (nSPS) is 23.6. The highest BCUT2D eigenvalue weighted by atomic mass is 16.2. The Labute approximate surface area is 114 Å². The Morgan fingerprint density at radius 2 is 2.16 bits per heavy atom. The molecule has 1 aliphatic carbocycles. The van der Waals surface area contributed by atoms with Crippen LogP contribution in [0.15, 0.2) is 0 Å². The fraction of sp³-hybridized carbons (Fsp3) is 0.786. The number of hydrogen-bond acceptors (Lipinski definition) is 3. The van der Waals surface area contributed by atoms with Crippen molar-refractivity contribution in [2.24, 2.45) is 11.8 Å². The maximum atomic E-state index is 12.0. The fourth-order valence-corrected chi connectivity index (χ4v) is 2.63. The molecule has 0 bridgehead atoms. The Morgan fingerprint density at radius 3 is 2.79 bits per heavy atom. The summed E-state index contributed by atoms with van der Waals surface area (Å²) in [6, 6.07) is 0. The number of amides is 1. The van der Waals surface area contributed by atoms with Gasteiger partial charge in [0.25, 0.3) is 5.91 Å². The zero-order chi connectivity index (χ0) is 13.8. The van der Waals surface area contributed by atoms with Gasteiger partial charge in [0.05, 0.1) is 0 Å². The average molecular weight is 264 g/mol. The Morgan fingerprint density at radius 1 is 1.42 bits per heavy atom. The zero-order valence-electron chi connectivity index (χ0n) is 12.1. The van der Waals surface area contributed by atoms with Gasteiger partial charge in [-0.1, -0.05) is 40.0 Å². The predicted molar refractivity (Wildman–Crippen MR) is 73.9 cm³/mol. The van der Waals surface area contributed by atoms with Crippen molar-refractivity contribution in [3.63, 3.8) is 0 Å². The number of hydrogen-bond donors (Lipinski definition) is 2. The van der Waals surface area contributed by atoms with E-state index < -0.39 is 0 Å². The van der Waals surface area contributed by atoms with Crippen molar-refractivity contribution in [3.05, 3.63) is 11.6 Å². The third-order valence-electron chi connectivity index (χ3n) is 4.07. The van der Waals surface area contributed by atoms with Crippen molar-refractivity contribution in [1.82, 2.24) is 20.5 Å². The molecule has 2 rings (SSSR count). The van der Waals surface area contributed by atoms with Crippen molar-refractivity contribution in [2.75, 3.05) is 6.54 Å². The van der Waals surface area contributed by atoms with Gasteiger partial charge in [-0.2, -0.15) is 0 Å². The number of aromatic amines is 1. The van der Waals surface area contributed by atoms with Gasteiger partial charge in [-0.05, 0) is 18.3 Å². The van der Waals surface area contributed by atoms with Crippen LogP contribution in [-0.2, 0) is 0 Å². The molecule has 2 N–H and O–H groups in total. The molecule has 1 saturated carbocycles. The summed E-state index contributed by atoms with van der Waals surface area (Å²) in [6.07, 6.45) is 5.10. The van der Waals surface area contributed by atoms with E-state index >= 15 is 0 Å². The first-order chi connectivity index (χ1) is 9.08. The standard InChI is InChI=1S/C14H24N4O/c1-9(2)12-16-13(18-17-12)14(19)15-8-11-7-5-4-6-10(11)3/h9-11H,4-8H2,1-3H3,(H,15,19)(H,16,17,18). The second-order valence-corrected chi connectivity index (χ2v) is 5.93. The molecule has 1 fully saturated rings. The van der Waals surface area contributed by atoms with Gasteiger partial charge < -0.3 is 5.32 Å². The van der Waals surface area contributed by atoms with Crippen LogP contribution in [0.2, 0.25) is 0 Å². The molecule has 1 aliphatic rings. The van der Waals surface area contributed by atoms with Crippen LogP contribution in [0.1, 0.15) is 68.8 Å². The van der Waals surface area contributed by atoms with E-state index in [2.05, 4.69) is 27.4 Å². The van der Waals surface area contributed by atoms with E-state index in [-0.39, 0.29) is 17.6 Å². The van der Waals surface area contributed by atoms with E-state index in [1.54, 1.807) is 0 Å². The Hall–Kier alpha value is -1.39. The van der Waals surface area contributed by atoms with Crippen LogP contribution in [0.5, 0.6) is 0 Å². The van der Waals surface area contributed by atoms with Crippen molar-refractivity contribution in [2.45, 2.75) is 52.4 Å². The first-order valence-corrected chi connectivity index (χ1v) is 7.28. The van der Waals surface area contributed by atoms with Crippen LogP contribution < -0.4 is 5.32 Å². The molecular weight excluding hydrogens is 240 g/mol. The number of H-pyrrole nitrogens is 1. The van der Waals surface area contributed by atoms with Gasteiger partial charge in [0.15, 0.2) is 0 Å². The van der Waals surface area contributed by atoms with Crippen molar-refractivity contribution >= 4 is 5.91 Å². The molecule has 1 aromatic heterocycles. The molecule has 5 nitrogen and oxygen atoms in total. The van der Waals surface area contributed by atoms with Gasteiger partial charge in [0, 0.05) is 12.5 Å². The van der Waals surface area contributed by atoms with Gasteiger partial charge in [-0.25, -0.2) is 4.98 Å². The Kier molecular flexibility index (Phi) is 4.56. The minimum absolute atomic E-state index is 0.166. The lowest BCUT2D eigenvalue weighted by Gasteiger charge is -2.28. The van der Waals surface area contributed by atoms with Crippen molar-refractivity contribution < 1.29 is 4.79 Å².